The number of aliphatic carboxylic acids is 1. The second kappa shape index (κ2) is 5.82. The number of carbonyl (C=O) groups is 1. The van der Waals surface area contributed by atoms with Gasteiger partial charge in [-0.3, -0.25) is 4.79 Å². The van der Waals surface area contributed by atoms with Crippen LogP contribution in [0, 0.1) is 0 Å². The van der Waals surface area contributed by atoms with Crippen LogP contribution in [-0.4, -0.2) is 32.1 Å². The topological polar surface area (TPSA) is 92.7 Å². The van der Waals surface area contributed by atoms with Gasteiger partial charge in [0.1, 0.15) is 11.3 Å². The number of ether oxygens (including phenoxy) is 1. The lowest BCUT2D eigenvalue weighted by atomic mass is 10.0. The molecule has 0 aromatic heterocycles. The number of halogens is 1. The van der Waals surface area contributed by atoms with Crippen molar-refractivity contribution in [3.63, 3.8) is 0 Å². The molecule has 2 rings (SSSR count). The minimum atomic E-state index is -3.97. The van der Waals surface area contributed by atoms with Crippen molar-refractivity contribution in [3.05, 3.63) is 23.2 Å². The molecule has 0 bridgehead atoms. The maximum atomic E-state index is 12.4. The molecule has 0 aliphatic heterocycles. The van der Waals surface area contributed by atoms with E-state index in [-0.39, 0.29) is 22.8 Å². The molecule has 0 amide bonds. The van der Waals surface area contributed by atoms with Crippen molar-refractivity contribution < 1.29 is 23.1 Å². The number of rotatable bonds is 5. The summed E-state index contributed by atoms with van der Waals surface area (Å²) >= 11 is 5.92. The fourth-order valence-corrected chi connectivity index (χ4v) is 4.23. The number of carboxylic acid groups (broad SMARTS) is 1. The van der Waals surface area contributed by atoms with Crippen LogP contribution >= 0.6 is 11.6 Å². The summed E-state index contributed by atoms with van der Waals surface area (Å²) in [5.41, 5.74) is -1.43. The lowest BCUT2D eigenvalue weighted by molar-refractivity contribution is -0.143. The lowest BCUT2D eigenvalue weighted by Gasteiger charge is -2.25. The Balaban J connectivity index is 2.34. The normalized spacial score (nSPS) is 17.6. The molecular weight excluding hydrogens is 318 g/mol. The molecule has 6 nitrogen and oxygen atoms in total. The Labute approximate surface area is 128 Å². The van der Waals surface area contributed by atoms with Crippen molar-refractivity contribution in [2.45, 2.75) is 36.1 Å². The maximum Gasteiger partial charge on any atom is 0.324 e. The molecule has 0 spiro atoms. The summed E-state index contributed by atoms with van der Waals surface area (Å²) in [4.78, 5) is 11.3. The van der Waals surface area contributed by atoms with Crippen LogP contribution in [0.5, 0.6) is 5.75 Å². The van der Waals surface area contributed by atoms with E-state index in [9.17, 15) is 18.3 Å². The van der Waals surface area contributed by atoms with Crippen LogP contribution in [0.4, 0.5) is 0 Å². The molecule has 21 heavy (non-hydrogen) atoms. The van der Waals surface area contributed by atoms with E-state index in [1.165, 1.54) is 25.3 Å². The number of sulfonamides is 1. The van der Waals surface area contributed by atoms with Gasteiger partial charge in [0.2, 0.25) is 10.0 Å². The average molecular weight is 334 g/mol. The van der Waals surface area contributed by atoms with Gasteiger partial charge in [-0.25, -0.2) is 8.42 Å². The highest BCUT2D eigenvalue weighted by atomic mass is 35.5. The molecule has 1 saturated carbocycles. The molecule has 0 heterocycles. The Morgan fingerprint density at radius 3 is 2.48 bits per heavy atom. The first kappa shape index (κ1) is 16.1. The van der Waals surface area contributed by atoms with E-state index < -0.39 is 21.5 Å². The van der Waals surface area contributed by atoms with E-state index in [0.29, 0.717) is 18.6 Å². The Kier molecular flexibility index (Phi) is 4.46. The third-order valence-electron chi connectivity index (χ3n) is 3.63. The quantitative estimate of drug-likeness (QED) is 0.860. The van der Waals surface area contributed by atoms with E-state index in [0.717, 1.165) is 0 Å². The summed E-state index contributed by atoms with van der Waals surface area (Å²) in [6, 6.07) is 4.00. The minimum absolute atomic E-state index is 0.0826. The highest BCUT2D eigenvalue weighted by Gasteiger charge is 2.44. The monoisotopic (exact) mass is 333 g/mol. The second-order valence-electron chi connectivity index (χ2n) is 5.00. The van der Waals surface area contributed by atoms with E-state index >= 15 is 0 Å². The molecule has 116 valence electrons. The molecule has 1 aromatic carbocycles. The van der Waals surface area contributed by atoms with Gasteiger partial charge in [-0.15, -0.1) is 0 Å². The van der Waals surface area contributed by atoms with Crippen molar-refractivity contribution in [1.29, 1.82) is 0 Å². The maximum absolute atomic E-state index is 12.4. The van der Waals surface area contributed by atoms with Gasteiger partial charge >= 0.3 is 5.97 Å². The molecule has 0 atom stereocenters. The van der Waals surface area contributed by atoms with Crippen molar-refractivity contribution in [2.75, 3.05) is 7.11 Å². The van der Waals surface area contributed by atoms with Crippen LogP contribution in [-0.2, 0) is 14.8 Å². The zero-order valence-electron chi connectivity index (χ0n) is 11.4. The van der Waals surface area contributed by atoms with Gasteiger partial charge < -0.3 is 9.84 Å². The van der Waals surface area contributed by atoms with Crippen molar-refractivity contribution in [3.8, 4) is 5.75 Å². The summed E-state index contributed by atoms with van der Waals surface area (Å²) in [6.07, 6.45) is 1.92. The smallest absolute Gasteiger partial charge is 0.324 e. The van der Waals surface area contributed by atoms with Gasteiger partial charge in [-0.1, -0.05) is 24.4 Å². The summed E-state index contributed by atoms with van der Waals surface area (Å²) in [7, 11) is -2.54. The number of hydrogen-bond acceptors (Lipinski definition) is 4. The van der Waals surface area contributed by atoms with Crippen molar-refractivity contribution >= 4 is 27.6 Å². The van der Waals surface area contributed by atoms with Gasteiger partial charge in [0.05, 0.1) is 17.0 Å². The summed E-state index contributed by atoms with van der Waals surface area (Å²) in [5.74, 6) is -0.799. The molecule has 0 saturated heterocycles. The Morgan fingerprint density at radius 2 is 2.00 bits per heavy atom. The molecule has 1 aliphatic rings. The average Bonchev–Trinajstić information content (AvgIpc) is 2.87. The van der Waals surface area contributed by atoms with Gasteiger partial charge in [-0.05, 0) is 31.0 Å². The van der Waals surface area contributed by atoms with E-state index in [1.807, 2.05) is 0 Å². The SMILES string of the molecule is COc1ccc(S(=O)(=O)NC2(C(=O)O)CCCC2)cc1Cl. The van der Waals surface area contributed by atoms with Gasteiger partial charge in [-0.2, -0.15) is 4.72 Å². The van der Waals surface area contributed by atoms with Gasteiger partial charge in [0, 0.05) is 0 Å². The van der Waals surface area contributed by atoms with Crippen LogP contribution in [0.2, 0.25) is 5.02 Å². The first-order valence-corrected chi connectivity index (χ1v) is 8.28. The highest BCUT2D eigenvalue weighted by Crippen LogP contribution is 2.33. The lowest BCUT2D eigenvalue weighted by Crippen LogP contribution is -2.52. The van der Waals surface area contributed by atoms with Crippen LogP contribution in [0.1, 0.15) is 25.7 Å². The van der Waals surface area contributed by atoms with E-state index in [4.69, 9.17) is 16.3 Å². The van der Waals surface area contributed by atoms with Crippen LogP contribution in [0.25, 0.3) is 0 Å². The molecule has 0 unspecified atom stereocenters. The van der Waals surface area contributed by atoms with Crippen molar-refractivity contribution in [2.24, 2.45) is 0 Å². The van der Waals surface area contributed by atoms with Gasteiger partial charge in [0.15, 0.2) is 0 Å². The van der Waals surface area contributed by atoms with Crippen LogP contribution in [0.3, 0.4) is 0 Å². The number of hydrogen-bond donors (Lipinski definition) is 2. The second-order valence-corrected chi connectivity index (χ2v) is 7.09. The van der Waals surface area contributed by atoms with Crippen molar-refractivity contribution in [1.82, 2.24) is 4.72 Å². The zero-order chi connectivity index (χ0) is 15.7. The third kappa shape index (κ3) is 3.14. The van der Waals surface area contributed by atoms with Crippen LogP contribution in [0.15, 0.2) is 23.1 Å². The molecule has 1 fully saturated rings. The molecular formula is C13H16ClNO5S. The standard InChI is InChI=1S/C13H16ClNO5S/c1-20-11-5-4-9(8-10(11)14)21(18,19)15-13(12(16)17)6-2-3-7-13/h4-5,8,15H,2-3,6-7H2,1H3,(H,16,17). The molecule has 0 radical (unpaired) electrons. The Morgan fingerprint density at radius 1 is 1.38 bits per heavy atom. The highest BCUT2D eigenvalue weighted by molar-refractivity contribution is 7.89. The van der Waals surface area contributed by atoms with Gasteiger partial charge in [0.25, 0.3) is 0 Å². The fourth-order valence-electron chi connectivity index (χ4n) is 2.47. The zero-order valence-corrected chi connectivity index (χ0v) is 13.0. The van der Waals surface area contributed by atoms with Crippen LogP contribution < -0.4 is 9.46 Å². The molecule has 1 aliphatic carbocycles. The Hall–Kier alpha value is -1.31. The summed E-state index contributed by atoms with van der Waals surface area (Å²) in [5, 5.41) is 9.49. The molecule has 2 N–H and O–H groups in total. The fraction of sp³-hybridized carbons (Fsp3) is 0.462. The number of carboxylic acids is 1. The first-order chi connectivity index (χ1) is 9.81. The predicted octanol–water partition coefficient (Wildman–Crippen LogP) is 2.02. The first-order valence-electron chi connectivity index (χ1n) is 6.42. The van der Waals surface area contributed by atoms with E-state index in [2.05, 4.69) is 4.72 Å². The minimum Gasteiger partial charge on any atom is -0.495 e. The number of benzene rings is 1. The Bertz CT molecular complexity index is 653. The van der Waals surface area contributed by atoms with E-state index in [1.54, 1.807) is 0 Å². The number of methoxy groups -OCH3 is 1. The summed E-state index contributed by atoms with van der Waals surface area (Å²) in [6.45, 7) is 0. The largest absolute Gasteiger partial charge is 0.495 e. The molecule has 8 heteroatoms. The predicted molar refractivity (Wildman–Crippen MR) is 77.2 cm³/mol. The third-order valence-corrected chi connectivity index (χ3v) is 5.46. The summed E-state index contributed by atoms with van der Waals surface area (Å²) < 4.78 is 32.0. The molecule has 1 aromatic rings. The number of nitrogens with one attached hydrogen (secondary N) is 1.